The highest BCUT2D eigenvalue weighted by molar-refractivity contribution is 7.80. The quantitative estimate of drug-likeness (QED) is 0.473. The van der Waals surface area contributed by atoms with Crippen LogP contribution in [-0.2, 0) is 0 Å². The number of nitrogens with two attached hydrogens (primary N) is 1. The van der Waals surface area contributed by atoms with Crippen LogP contribution in [0.2, 0.25) is 0 Å². The molecule has 0 fully saturated rings. The number of hydrazone groups is 1. The lowest BCUT2D eigenvalue weighted by Crippen LogP contribution is -2.24. The Balaban J connectivity index is 2.60. The van der Waals surface area contributed by atoms with Crippen LogP contribution in [0.15, 0.2) is 29.4 Å². The SMILES string of the molecule is CN(CCC#N)c1ccc(/C=N/NC(N)=S)cc1. The van der Waals surface area contributed by atoms with Crippen molar-refractivity contribution < 1.29 is 0 Å². The Morgan fingerprint density at radius 2 is 2.22 bits per heavy atom. The van der Waals surface area contributed by atoms with Gasteiger partial charge in [-0.2, -0.15) is 10.4 Å². The Labute approximate surface area is 112 Å². The number of nitriles is 1. The van der Waals surface area contributed by atoms with E-state index in [2.05, 4.69) is 28.8 Å². The Hall–Kier alpha value is -2.13. The van der Waals surface area contributed by atoms with Gasteiger partial charge in [-0.25, -0.2) is 0 Å². The first kappa shape index (κ1) is 13.9. The van der Waals surface area contributed by atoms with Crippen molar-refractivity contribution in [2.45, 2.75) is 6.42 Å². The summed E-state index contributed by atoms with van der Waals surface area (Å²) in [6.45, 7) is 0.715. The molecule has 94 valence electrons. The topological polar surface area (TPSA) is 77.4 Å². The number of nitrogens with zero attached hydrogens (tertiary/aromatic N) is 3. The Morgan fingerprint density at radius 1 is 1.56 bits per heavy atom. The minimum atomic E-state index is 0.138. The second-order valence-electron chi connectivity index (χ2n) is 3.66. The van der Waals surface area contributed by atoms with Crippen LogP contribution < -0.4 is 16.1 Å². The molecular weight excluding hydrogens is 246 g/mol. The summed E-state index contributed by atoms with van der Waals surface area (Å²) in [7, 11) is 1.95. The maximum absolute atomic E-state index is 8.53. The normalized spacial score (nSPS) is 10.0. The number of hydrogen-bond donors (Lipinski definition) is 2. The first-order valence-electron chi connectivity index (χ1n) is 5.40. The highest BCUT2D eigenvalue weighted by Crippen LogP contribution is 2.13. The standard InChI is InChI=1S/C12H15N5S/c1-17(8-2-7-13)11-5-3-10(4-6-11)9-15-16-12(14)18/h3-6,9H,2,8H2,1H3,(H3,14,16,18)/b15-9+. The van der Waals surface area contributed by atoms with Crippen molar-refractivity contribution in [3.05, 3.63) is 29.8 Å². The highest BCUT2D eigenvalue weighted by atomic mass is 32.1. The van der Waals surface area contributed by atoms with Gasteiger partial charge in [-0.05, 0) is 29.9 Å². The van der Waals surface area contributed by atoms with Gasteiger partial charge in [0.05, 0.1) is 18.7 Å². The molecule has 1 aromatic rings. The molecule has 0 atom stereocenters. The summed E-state index contributed by atoms with van der Waals surface area (Å²) in [4.78, 5) is 2.03. The van der Waals surface area contributed by atoms with E-state index in [-0.39, 0.29) is 5.11 Å². The molecule has 0 unspecified atom stereocenters. The highest BCUT2D eigenvalue weighted by Gasteiger charge is 1.99. The molecule has 0 amide bonds. The lowest BCUT2D eigenvalue weighted by molar-refractivity contribution is 0.905. The molecule has 3 N–H and O–H groups in total. The van der Waals surface area contributed by atoms with Gasteiger partial charge in [-0.15, -0.1) is 0 Å². The zero-order chi connectivity index (χ0) is 13.4. The largest absolute Gasteiger partial charge is 0.375 e. The van der Waals surface area contributed by atoms with Gasteiger partial charge in [0.25, 0.3) is 0 Å². The predicted octanol–water partition coefficient (Wildman–Crippen LogP) is 1.20. The van der Waals surface area contributed by atoms with E-state index >= 15 is 0 Å². The molecule has 0 bridgehead atoms. The summed E-state index contributed by atoms with van der Waals surface area (Å²) in [5.74, 6) is 0. The predicted molar refractivity (Wildman–Crippen MR) is 77.5 cm³/mol. The molecule has 0 aromatic heterocycles. The fraction of sp³-hybridized carbons (Fsp3) is 0.250. The minimum Gasteiger partial charge on any atom is -0.375 e. The van der Waals surface area contributed by atoms with Gasteiger partial charge in [-0.3, -0.25) is 5.43 Å². The molecule has 0 saturated carbocycles. The molecule has 0 heterocycles. The third-order valence-corrected chi connectivity index (χ3v) is 2.37. The van der Waals surface area contributed by atoms with E-state index in [1.165, 1.54) is 0 Å². The monoisotopic (exact) mass is 261 g/mol. The summed E-state index contributed by atoms with van der Waals surface area (Å²) in [5, 5.41) is 12.5. The second kappa shape index (κ2) is 7.25. The van der Waals surface area contributed by atoms with E-state index in [0.717, 1.165) is 11.3 Å². The van der Waals surface area contributed by atoms with Gasteiger partial charge in [0.15, 0.2) is 5.11 Å². The molecular formula is C12H15N5S. The van der Waals surface area contributed by atoms with Crippen molar-refractivity contribution in [3.8, 4) is 6.07 Å². The second-order valence-corrected chi connectivity index (χ2v) is 4.10. The van der Waals surface area contributed by atoms with Crippen molar-refractivity contribution >= 4 is 29.2 Å². The zero-order valence-electron chi connectivity index (χ0n) is 10.1. The summed E-state index contributed by atoms with van der Waals surface area (Å²) in [6.07, 6.45) is 2.15. The molecule has 0 aliphatic carbocycles. The summed E-state index contributed by atoms with van der Waals surface area (Å²) < 4.78 is 0. The van der Waals surface area contributed by atoms with Crippen LogP contribution in [-0.4, -0.2) is 24.9 Å². The van der Waals surface area contributed by atoms with E-state index in [1.54, 1.807) is 6.21 Å². The molecule has 0 aliphatic heterocycles. The van der Waals surface area contributed by atoms with Gasteiger partial charge in [-0.1, -0.05) is 12.1 Å². The summed E-state index contributed by atoms with van der Waals surface area (Å²) in [5.41, 5.74) is 9.73. The third-order valence-electron chi connectivity index (χ3n) is 2.28. The Bertz CT molecular complexity index is 460. The number of hydrogen-bond acceptors (Lipinski definition) is 4. The van der Waals surface area contributed by atoms with Crippen molar-refractivity contribution in [2.75, 3.05) is 18.5 Å². The van der Waals surface area contributed by atoms with Crippen LogP contribution in [0.4, 0.5) is 5.69 Å². The third kappa shape index (κ3) is 4.80. The summed E-state index contributed by atoms with van der Waals surface area (Å²) >= 11 is 4.63. The molecule has 5 nitrogen and oxygen atoms in total. The zero-order valence-corrected chi connectivity index (χ0v) is 10.9. The van der Waals surface area contributed by atoms with Crippen molar-refractivity contribution in [2.24, 2.45) is 10.8 Å². The smallest absolute Gasteiger partial charge is 0.184 e. The van der Waals surface area contributed by atoms with Gasteiger partial charge in [0.1, 0.15) is 0 Å². The van der Waals surface area contributed by atoms with Crippen LogP contribution in [0.5, 0.6) is 0 Å². The van der Waals surface area contributed by atoms with Gasteiger partial charge in [0.2, 0.25) is 0 Å². The molecule has 0 spiro atoms. The van der Waals surface area contributed by atoms with Crippen LogP contribution in [0.25, 0.3) is 0 Å². The lowest BCUT2D eigenvalue weighted by atomic mass is 10.2. The van der Waals surface area contributed by atoms with E-state index in [1.807, 2.05) is 36.2 Å². The number of rotatable bonds is 5. The van der Waals surface area contributed by atoms with Crippen LogP contribution in [0, 0.1) is 11.3 Å². The average Bonchev–Trinajstić information content (AvgIpc) is 2.36. The molecule has 18 heavy (non-hydrogen) atoms. The van der Waals surface area contributed by atoms with E-state index < -0.39 is 0 Å². The van der Waals surface area contributed by atoms with E-state index in [4.69, 9.17) is 11.0 Å². The molecule has 0 saturated heterocycles. The first-order chi connectivity index (χ1) is 8.63. The Morgan fingerprint density at radius 3 is 2.78 bits per heavy atom. The summed E-state index contributed by atoms with van der Waals surface area (Å²) in [6, 6.07) is 9.93. The van der Waals surface area contributed by atoms with Crippen LogP contribution in [0.3, 0.4) is 0 Å². The number of nitrogens with one attached hydrogen (secondary N) is 1. The van der Waals surface area contributed by atoms with Crippen LogP contribution in [0.1, 0.15) is 12.0 Å². The van der Waals surface area contributed by atoms with Gasteiger partial charge >= 0.3 is 0 Å². The fourth-order valence-electron chi connectivity index (χ4n) is 1.33. The molecule has 1 aromatic carbocycles. The first-order valence-corrected chi connectivity index (χ1v) is 5.81. The molecule has 1 rings (SSSR count). The minimum absolute atomic E-state index is 0.138. The number of anilines is 1. The lowest BCUT2D eigenvalue weighted by Gasteiger charge is -2.17. The molecule has 0 aliphatic rings. The fourth-order valence-corrected chi connectivity index (χ4v) is 1.38. The average molecular weight is 261 g/mol. The van der Waals surface area contributed by atoms with Crippen molar-refractivity contribution in [1.82, 2.24) is 5.43 Å². The number of thiocarbonyl (C=S) groups is 1. The maximum Gasteiger partial charge on any atom is 0.184 e. The van der Waals surface area contributed by atoms with Crippen molar-refractivity contribution in [1.29, 1.82) is 5.26 Å². The van der Waals surface area contributed by atoms with E-state index in [9.17, 15) is 0 Å². The molecule has 0 radical (unpaired) electrons. The van der Waals surface area contributed by atoms with Gasteiger partial charge in [0, 0.05) is 19.3 Å². The Kier molecular flexibility index (Phi) is 5.61. The van der Waals surface area contributed by atoms with Gasteiger partial charge < -0.3 is 10.6 Å². The van der Waals surface area contributed by atoms with E-state index in [0.29, 0.717) is 13.0 Å². The number of benzene rings is 1. The van der Waals surface area contributed by atoms with Crippen LogP contribution >= 0.6 is 12.2 Å². The maximum atomic E-state index is 8.53. The molecule has 6 heteroatoms. The van der Waals surface area contributed by atoms with Crippen molar-refractivity contribution in [3.63, 3.8) is 0 Å².